The molecule has 0 radical (unpaired) electrons. The van der Waals surface area contributed by atoms with Crippen LogP contribution in [0.5, 0.6) is 0 Å². The van der Waals surface area contributed by atoms with Gasteiger partial charge in [-0.25, -0.2) is 0 Å². The van der Waals surface area contributed by atoms with Crippen molar-refractivity contribution in [2.75, 3.05) is 16.0 Å². The summed E-state index contributed by atoms with van der Waals surface area (Å²) in [6.07, 6.45) is 3.63. The Hall–Kier alpha value is -10.6. The van der Waals surface area contributed by atoms with Crippen molar-refractivity contribution in [3.05, 3.63) is 354 Å². The maximum Gasteiger partial charge on any atom is 0.0713 e. The van der Waals surface area contributed by atoms with Crippen LogP contribution in [0.4, 0.5) is 34.1 Å². The van der Waals surface area contributed by atoms with E-state index in [1.54, 1.807) is 6.20 Å². The summed E-state index contributed by atoms with van der Waals surface area (Å²) in [4.78, 5) is 4.15. The second-order valence-electron chi connectivity index (χ2n) is 23.7. The number of nitrogens with one attached hydrogen (secondary N) is 3. The van der Waals surface area contributed by atoms with Crippen molar-refractivity contribution in [1.29, 1.82) is 0 Å². The molecule has 0 fully saturated rings. The highest BCUT2D eigenvalue weighted by Crippen LogP contribution is 2.57. The van der Waals surface area contributed by atoms with E-state index in [0.29, 0.717) is 0 Å². The van der Waals surface area contributed by atoms with E-state index in [1.165, 1.54) is 105 Å². The minimum absolute atomic E-state index is 0.0347. The molecule has 13 aromatic rings. The van der Waals surface area contributed by atoms with Crippen LogP contribution in [0.2, 0.25) is 0 Å². The summed E-state index contributed by atoms with van der Waals surface area (Å²) < 4.78 is 0. The lowest BCUT2D eigenvalue weighted by Gasteiger charge is -2.33. The van der Waals surface area contributed by atoms with Gasteiger partial charge in [0.25, 0.3) is 0 Å². The summed E-state index contributed by atoms with van der Waals surface area (Å²) >= 11 is 0. The van der Waals surface area contributed by atoms with Crippen LogP contribution in [0.15, 0.2) is 310 Å². The van der Waals surface area contributed by atoms with E-state index in [0.717, 1.165) is 28.4 Å². The Morgan fingerprint density at radius 2 is 0.767 bits per heavy atom. The first-order valence-electron chi connectivity index (χ1n) is 29.8. The Labute approximate surface area is 505 Å². The highest BCUT2D eigenvalue weighted by atomic mass is 14.9. The highest BCUT2D eigenvalue weighted by molar-refractivity contribution is 5.94. The zero-order valence-corrected chi connectivity index (χ0v) is 48.9. The largest absolute Gasteiger partial charge is 0.356 e. The summed E-state index contributed by atoms with van der Waals surface area (Å²) in [5.41, 5.74) is 27.5. The normalized spacial score (nSPS) is 13.6. The Morgan fingerprint density at radius 3 is 1.47 bits per heavy atom. The molecule has 0 aliphatic heterocycles. The SMILES string of the molecule is CC1(C)c2ccccc2-c2c(Nc3ccc4ccccc4c3)cccc21.CC1(C)c2ccccc2-c2ccc(Nc3cccnc3)cc21.c1ccc(-c2ccc(Nc3ccc4c(c3)-c3ccccc3C4(c3ccccc3)c3ccccc3)cc2)cc1. The fourth-order valence-corrected chi connectivity index (χ4v) is 13.7. The zero-order chi connectivity index (χ0) is 58.2. The monoisotopic (exact) mass is 1110 g/mol. The standard InChI is InChI=1S/C37H27N.C25H21N.C20H18N2/c1-4-12-27(13-5-1)28-20-22-31(23-21-28)38-32-24-25-36-34(26-32)33-18-10-11-19-35(33)37(36,29-14-6-2-7-15-29)30-16-8-3-9-17-30;1-25(2)21-11-6-5-10-20(21)24-22(25)12-7-13-23(24)26-19-15-14-17-8-3-4-9-18(17)16-19;1-20(2)18-8-4-3-7-16(18)17-10-9-14(12-19(17)20)22-15-6-5-11-21-13-15/h1-26,38H;3-16,26H,1-2H3;3-13,22H,1-2H3. The second kappa shape index (κ2) is 22.2. The molecule has 1 aromatic heterocycles. The molecule has 3 aliphatic carbocycles. The van der Waals surface area contributed by atoms with Crippen LogP contribution in [-0.4, -0.2) is 4.98 Å². The maximum atomic E-state index is 4.15. The molecule has 0 bridgehead atoms. The number of aromatic nitrogens is 1. The number of benzene rings is 12. The number of pyridine rings is 1. The van der Waals surface area contributed by atoms with E-state index in [1.807, 2.05) is 18.3 Å². The van der Waals surface area contributed by atoms with Gasteiger partial charge < -0.3 is 16.0 Å². The molecule has 4 heteroatoms. The molecular formula is C82H66N4. The molecule has 414 valence electrons. The van der Waals surface area contributed by atoms with Crippen molar-refractivity contribution in [1.82, 2.24) is 4.98 Å². The Bertz CT molecular complexity index is 4550. The molecule has 4 nitrogen and oxygen atoms in total. The van der Waals surface area contributed by atoms with E-state index in [9.17, 15) is 0 Å². The van der Waals surface area contributed by atoms with E-state index in [-0.39, 0.29) is 16.2 Å². The third-order valence-corrected chi connectivity index (χ3v) is 17.9. The van der Waals surface area contributed by atoms with Crippen molar-refractivity contribution < 1.29 is 0 Å². The van der Waals surface area contributed by atoms with Crippen LogP contribution in [0.3, 0.4) is 0 Å². The van der Waals surface area contributed by atoms with Gasteiger partial charge in [-0.05, 0) is 161 Å². The van der Waals surface area contributed by atoms with Crippen LogP contribution < -0.4 is 16.0 Å². The molecule has 0 saturated heterocycles. The smallest absolute Gasteiger partial charge is 0.0713 e. The number of rotatable bonds is 9. The van der Waals surface area contributed by atoms with Gasteiger partial charge in [0.15, 0.2) is 0 Å². The van der Waals surface area contributed by atoms with Crippen molar-refractivity contribution in [3.8, 4) is 44.5 Å². The average molecular weight is 1110 g/mol. The quantitative estimate of drug-likeness (QED) is 0.135. The predicted molar refractivity (Wildman–Crippen MR) is 362 cm³/mol. The molecule has 3 N–H and O–H groups in total. The van der Waals surface area contributed by atoms with E-state index < -0.39 is 0 Å². The molecule has 0 atom stereocenters. The molecular weight excluding hydrogens is 1040 g/mol. The maximum absolute atomic E-state index is 4.15. The van der Waals surface area contributed by atoms with Crippen LogP contribution in [0.1, 0.15) is 72.2 Å². The van der Waals surface area contributed by atoms with Gasteiger partial charge in [-0.2, -0.15) is 0 Å². The third kappa shape index (κ3) is 9.60. The molecule has 0 saturated carbocycles. The van der Waals surface area contributed by atoms with Gasteiger partial charge in [0, 0.05) is 51.0 Å². The number of fused-ring (bicyclic) bond motifs is 10. The molecule has 16 rings (SSSR count). The van der Waals surface area contributed by atoms with Crippen LogP contribution in [-0.2, 0) is 16.2 Å². The summed E-state index contributed by atoms with van der Waals surface area (Å²) in [7, 11) is 0. The van der Waals surface area contributed by atoms with E-state index in [4.69, 9.17) is 0 Å². The molecule has 3 aliphatic rings. The van der Waals surface area contributed by atoms with Gasteiger partial charge in [0.2, 0.25) is 0 Å². The lowest BCUT2D eigenvalue weighted by Crippen LogP contribution is -2.28. The second-order valence-corrected chi connectivity index (χ2v) is 23.7. The van der Waals surface area contributed by atoms with Gasteiger partial charge in [-0.15, -0.1) is 0 Å². The lowest BCUT2D eigenvalue weighted by molar-refractivity contribution is 0.660. The number of anilines is 6. The minimum Gasteiger partial charge on any atom is -0.356 e. The summed E-state index contributed by atoms with van der Waals surface area (Å²) in [5.74, 6) is 0. The fourth-order valence-electron chi connectivity index (χ4n) is 13.7. The van der Waals surface area contributed by atoms with Gasteiger partial charge in [0.1, 0.15) is 0 Å². The minimum atomic E-state index is -0.357. The number of nitrogens with zero attached hydrogens (tertiary/aromatic N) is 1. The van der Waals surface area contributed by atoms with Crippen molar-refractivity contribution in [2.24, 2.45) is 0 Å². The van der Waals surface area contributed by atoms with Crippen LogP contribution in [0.25, 0.3) is 55.3 Å². The first-order valence-corrected chi connectivity index (χ1v) is 29.8. The van der Waals surface area contributed by atoms with Gasteiger partial charge >= 0.3 is 0 Å². The number of hydrogen-bond acceptors (Lipinski definition) is 4. The zero-order valence-electron chi connectivity index (χ0n) is 48.9. The summed E-state index contributed by atoms with van der Waals surface area (Å²) in [5, 5.41) is 13.3. The van der Waals surface area contributed by atoms with Crippen LogP contribution in [0, 0.1) is 0 Å². The Kier molecular flexibility index (Phi) is 13.8. The van der Waals surface area contributed by atoms with Gasteiger partial charge in [-0.1, -0.05) is 258 Å². The summed E-state index contributed by atoms with van der Waals surface area (Å²) in [6.45, 7) is 9.23. The fraction of sp³-hybridized carbons (Fsp3) is 0.0854. The van der Waals surface area contributed by atoms with Crippen LogP contribution >= 0.6 is 0 Å². The summed E-state index contributed by atoms with van der Waals surface area (Å²) in [6, 6.07) is 106. The molecule has 0 spiro atoms. The molecule has 1 heterocycles. The van der Waals surface area contributed by atoms with E-state index in [2.05, 4.69) is 334 Å². The molecule has 0 amide bonds. The predicted octanol–water partition coefficient (Wildman–Crippen LogP) is 21.5. The van der Waals surface area contributed by atoms with E-state index >= 15 is 0 Å². The van der Waals surface area contributed by atoms with Crippen molar-refractivity contribution in [3.63, 3.8) is 0 Å². The Balaban J connectivity index is 0.000000119. The first kappa shape index (κ1) is 53.5. The van der Waals surface area contributed by atoms with Gasteiger partial charge in [-0.3, -0.25) is 4.98 Å². The third-order valence-electron chi connectivity index (χ3n) is 17.9. The lowest BCUT2D eigenvalue weighted by atomic mass is 9.68. The Morgan fingerprint density at radius 1 is 0.279 bits per heavy atom. The molecule has 12 aromatic carbocycles. The topological polar surface area (TPSA) is 49.0 Å². The molecule has 86 heavy (non-hydrogen) atoms. The first-order chi connectivity index (χ1) is 42.1. The van der Waals surface area contributed by atoms with Crippen molar-refractivity contribution >= 4 is 44.9 Å². The van der Waals surface area contributed by atoms with Gasteiger partial charge in [0.05, 0.1) is 17.3 Å². The highest BCUT2D eigenvalue weighted by Gasteiger charge is 2.46. The molecule has 0 unspecified atom stereocenters. The average Bonchev–Trinajstić information content (AvgIpc) is 1.58. The number of hydrogen-bond donors (Lipinski definition) is 3. The van der Waals surface area contributed by atoms with Crippen molar-refractivity contribution in [2.45, 2.75) is 43.9 Å².